The van der Waals surface area contributed by atoms with Crippen LogP contribution in [0.3, 0.4) is 0 Å². The third-order valence-electron chi connectivity index (χ3n) is 2.69. The molecule has 0 bridgehead atoms. The number of hydrogen-bond acceptors (Lipinski definition) is 3. The fraction of sp³-hybridized carbons (Fsp3) is 0.0833. The van der Waals surface area contributed by atoms with Gasteiger partial charge in [0, 0.05) is 16.8 Å². The van der Waals surface area contributed by atoms with Crippen molar-refractivity contribution in [2.75, 3.05) is 7.11 Å². The summed E-state index contributed by atoms with van der Waals surface area (Å²) in [5.41, 5.74) is -0.298. The van der Waals surface area contributed by atoms with E-state index in [0.29, 0.717) is 16.5 Å². The maximum atomic E-state index is 13.4. The van der Waals surface area contributed by atoms with Crippen LogP contribution >= 0.6 is 11.3 Å². The van der Waals surface area contributed by atoms with Gasteiger partial charge in [-0.25, -0.2) is 4.39 Å². The third-order valence-corrected chi connectivity index (χ3v) is 3.52. The van der Waals surface area contributed by atoms with E-state index in [-0.39, 0.29) is 5.56 Å². The Labute approximate surface area is 99.5 Å². The molecule has 3 rings (SSSR count). The van der Waals surface area contributed by atoms with Crippen molar-refractivity contribution < 1.29 is 9.13 Å². The minimum atomic E-state index is -0.477. The van der Waals surface area contributed by atoms with E-state index in [1.54, 1.807) is 0 Å². The zero-order valence-corrected chi connectivity index (χ0v) is 9.73. The lowest BCUT2D eigenvalue weighted by molar-refractivity contribution is 0.417. The van der Waals surface area contributed by atoms with Crippen LogP contribution in [0.1, 0.15) is 0 Å². The Hall–Kier alpha value is -1.88. The van der Waals surface area contributed by atoms with E-state index in [2.05, 4.69) is 4.98 Å². The number of aromatic nitrogens is 1. The molecule has 0 aliphatic rings. The van der Waals surface area contributed by atoms with Gasteiger partial charge in [-0.15, -0.1) is 11.3 Å². The highest BCUT2D eigenvalue weighted by molar-refractivity contribution is 7.16. The van der Waals surface area contributed by atoms with Gasteiger partial charge < -0.3 is 9.72 Å². The fourth-order valence-electron chi connectivity index (χ4n) is 1.97. The van der Waals surface area contributed by atoms with E-state index in [1.807, 2.05) is 11.4 Å². The van der Waals surface area contributed by atoms with E-state index in [9.17, 15) is 9.18 Å². The van der Waals surface area contributed by atoms with Crippen LogP contribution in [0, 0.1) is 5.82 Å². The molecule has 2 aromatic heterocycles. The molecule has 0 amide bonds. The first-order valence-electron chi connectivity index (χ1n) is 4.97. The average molecular weight is 249 g/mol. The first-order chi connectivity index (χ1) is 8.20. The van der Waals surface area contributed by atoms with Crippen molar-refractivity contribution in [1.29, 1.82) is 0 Å². The lowest BCUT2D eigenvalue weighted by atomic mass is 10.1. The zero-order chi connectivity index (χ0) is 12.0. The number of nitrogens with one attached hydrogen (secondary N) is 1. The van der Waals surface area contributed by atoms with Gasteiger partial charge in [0.05, 0.1) is 12.5 Å². The number of H-pyrrole nitrogens is 1. The molecule has 0 aliphatic carbocycles. The Balaban J connectivity index is 2.66. The molecule has 3 aromatic rings. The molecule has 0 saturated heterocycles. The maximum Gasteiger partial charge on any atom is 0.257 e. The summed E-state index contributed by atoms with van der Waals surface area (Å²) in [6.07, 6.45) is 0. The van der Waals surface area contributed by atoms with Crippen molar-refractivity contribution in [3.63, 3.8) is 0 Å². The quantitative estimate of drug-likeness (QED) is 0.720. The van der Waals surface area contributed by atoms with Gasteiger partial charge in [-0.1, -0.05) is 0 Å². The van der Waals surface area contributed by atoms with Crippen LogP contribution in [0.25, 0.3) is 21.0 Å². The van der Waals surface area contributed by atoms with Crippen LogP contribution in [-0.4, -0.2) is 12.1 Å². The number of ether oxygens (including phenoxy) is 1. The molecule has 0 saturated carbocycles. The molecular formula is C12H8FNO2S. The summed E-state index contributed by atoms with van der Waals surface area (Å²) < 4.78 is 18.5. The first-order valence-corrected chi connectivity index (χ1v) is 5.85. The minimum Gasteiger partial charge on any atom is -0.496 e. The van der Waals surface area contributed by atoms with Crippen molar-refractivity contribution in [3.8, 4) is 5.75 Å². The number of pyridine rings is 1. The second-order valence-electron chi connectivity index (χ2n) is 3.65. The van der Waals surface area contributed by atoms with Gasteiger partial charge >= 0.3 is 0 Å². The van der Waals surface area contributed by atoms with E-state index in [1.165, 1.54) is 30.6 Å². The zero-order valence-electron chi connectivity index (χ0n) is 8.91. The molecule has 0 radical (unpaired) electrons. The molecule has 86 valence electrons. The number of rotatable bonds is 1. The van der Waals surface area contributed by atoms with E-state index in [4.69, 9.17) is 4.74 Å². The molecule has 17 heavy (non-hydrogen) atoms. The van der Waals surface area contributed by atoms with Crippen molar-refractivity contribution >= 4 is 32.3 Å². The number of halogens is 1. The summed E-state index contributed by atoms with van der Waals surface area (Å²) >= 11 is 1.43. The van der Waals surface area contributed by atoms with Gasteiger partial charge in [-0.3, -0.25) is 4.79 Å². The number of thiophene rings is 1. The highest BCUT2D eigenvalue weighted by atomic mass is 32.1. The van der Waals surface area contributed by atoms with Crippen LogP contribution in [-0.2, 0) is 0 Å². The topological polar surface area (TPSA) is 42.1 Å². The van der Waals surface area contributed by atoms with Gasteiger partial charge in [0.1, 0.15) is 16.4 Å². The molecule has 0 atom stereocenters. The van der Waals surface area contributed by atoms with Crippen LogP contribution in [0.15, 0.2) is 28.4 Å². The van der Waals surface area contributed by atoms with Crippen LogP contribution in [0.5, 0.6) is 5.75 Å². The number of fused-ring (bicyclic) bond motifs is 3. The highest BCUT2D eigenvalue weighted by Gasteiger charge is 2.12. The molecule has 1 aromatic carbocycles. The van der Waals surface area contributed by atoms with E-state index in [0.717, 1.165) is 10.2 Å². The standard InChI is InChI=1S/C12H8FNO2S/c1-16-9-5-6(13)4-8-10(9)7-2-3-17-12(7)14-11(8)15/h2-5H,1H3,(H,14,15). The Morgan fingerprint density at radius 1 is 1.35 bits per heavy atom. The van der Waals surface area contributed by atoms with Crippen LogP contribution in [0.4, 0.5) is 4.39 Å². The summed E-state index contributed by atoms with van der Waals surface area (Å²) in [5, 5.41) is 3.73. The minimum absolute atomic E-state index is 0.298. The molecule has 1 N–H and O–H groups in total. The molecule has 5 heteroatoms. The Bertz CT molecular complexity index is 775. The summed E-state index contributed by atoms with van der Waals surface area (Å²) in [6.45, 7) is 0. The maximum absolute atomic E-state index is 13.4. The van der Waals surface area contributed by atoms with Crippen molar-refractivity contribution in [3.05, 3.63) is 39.8 Å². The second kappa shape index (κ2) is 3.56. The Kier molecular flexibility index (Phi) is 2.16. The molecule has 0 unspecified atom stereocenters. The number of methoxy groups -OCH3 is 1. The normalized spacial score (nSPS) is 11.2. The van der Waals surface area contributed by atoms with Gasteiger partial charge in [-0.2, -0.15) is 0 Å². The van der Waals surface area contributed by atoms with Crippen molar-refractivity contribution in [2.45, 2.75) is 0 Å². The number of hydrogen-bond donors (Lipinski definition) is 1. The Morgan fingerprint density at radius 2 is 2.18 bits per heavy atom. The Morgan fingerprint density at radius 3 is 2.94 bits per heavy atom. The monoisotopic (exact) mass is 249 g/mol. The molecule has 3 nitrogen and oxygen atoms in total. The van der Waals surface area contributed by atoms with Gasteiger partial charge in [0.2, 0.25) is 0 Å². The largest absolute Gasteiger partial charge is 0.496 e. The summed E-state index contributed by atoms with van der Waals surface area (Å²) in [6, 6.07) is 4.41. The first kappa shape index (κ1) is 10.3. The summed E-state index contributed by atoms with van der Waals surface area (Å²) in [5.74, 6) is -0.0936. The van der Waals surface area contributed by atoms with Gasteiger partial charge in [0.25, 0.3) is 5.56 Å². The molecule has 0 spiro atoms. The lowest BCUT2D eigenvalue weighted by Gasteiger charge is -2.06. The second-order valence-corrected chi connectivity index (χ2v) is 4.56. The molecular weight excluding hydrogens is 241 g/mol. The van der Waals surface area contributed by atoms with Crippen LogP contribution < -0.4 is 10.3 Å². The van der Waals surface area contributed by atoms with Gasteiger partial charge in [0.15, 0.2) is 0 Å². The van der Waals surface area contributed by atoms with E-state index >= 15 is 0 Å². The number of aromatic amines is 1. The van der Waals surface area contributed by atoms with Crippen LogP contribution in [0.2, 0.25) is 0 Å². The van der Waals surface area contributed by atoms with Gasteiger partial charge in [-0.05, 0) is 17.5 Å². The van der Waals surface area contributed by atoms with Crippen molar-refractivity contribution in [2.24, 2.45) is 0 Å². The SMILES string of the molecule is COc1cc(F)cc2c(=O)[nH]c3sccc3c12. The summed E-state index contributed by atoms with van der Waals surface area (Å²) in [7, 11) is 1.47. The molecule has 2 heterocycles. The smallest absolute Gasteiger partial charge is 0.257 e. The fourth-order valence-corrected chi connectivity index (χ4v) is 2.76. The summed E-state index contributed by atoms with van der Waals surface area (Å²) in [4.78, 5) is 15.3. The molecule has 0 fully saturated rings. The van der Waals surface area contributed by atoms with Crippen molar-refractivity contribution in [1.82, 2.24) is 4.98 Å². The average Bonchev–Trinajstić information content (AvgIpc) is 2.76. The molecule has 0 aliphatic heterocycles. The number of benzene rings is 1. The third kappa shape index (κ3) is 1.43. The van der Waals surface area contributed by atoms with E-state index < -0.39 is 5.82 Å². The highest BCUT2D eigenvalue weighted by Crippen LogP contribution is 2.32. The predicted molar refractivity (Wildman–Crippen MR) is 66.5 cm³/mol. The predicted octanol–water partition coefficient (Wildman–Crippen LogP) is 2.89. The lowest BCUT2D eigenvalue weighted by Crippen LogP contribution is -2.06.